The van der Waals surface area contributed by atoms with E-state index in [2.05, 4.69) is 0 Å². The summed E-state index contributed by atoms with van der Waals surface area (Å²) in [5.74, 6) is 0.492. The number of carbonyl (C=O) groups is 1. The zero-order valence-electron chi connectivity index (χ0n) is 6.23. The molecule has 0 heterocycles. The fraction of sp³-hybridized carbons (Fsp3) is 0.857. The fourth-order valence-corrected chi connectivity index (χ4v) is 0.778. The highest BCUT2D eigenvalue weighted by Gasteiger charge is 1.91. The predicted molar refractivity (Wildman–Crippen MR) is 41.2 cm³/mol. The third-order valence-corrected chi connectivity index (χ3v) is 1.35. The molecule has 0 aromatic heterocycles. The van der Waals surface area contributed by atoms with Gasteiger partial charge in [-0.15, -0.1) is 11.6 Å². The molecule has 10 heavy (non-hydrogen) atoms. The number of unbranched alkanes of at least 4 members (excludes halogenated alkanes) is 2. The van der Waals surface area contributed by atoms with E-state index in [-0.39, 0.29) is 5.97 Å². The smallest absolute Gasteiger partial charge is 0.302 e. The molecule has 0 N–H and O–H groups in total. The molecule has 0 aliphatic carbocycles. The zero-order valence-corrected chi connectivity index (χ0v) is 6.99. The second kappa shape index (κ2) is 6.87. The van der Waals surface area contributed by atoms with Gasteiger partial charge in [-0.3, -0.25) is 4.79 Å². The second-order valence-electron chi connectivity index (χ2n) is 2.09. The van der Waals surface area contributed by atoms with Gasteiger partial charge in [0.25, 0.3) is 0 Å². The van der Waals surface area contributed by atoms with Gasteiger partial charge in [0.05, 0.1) is 6.61 Å². The van der Waals surface area contributed by atoms with Gasteiger partial charge in [0, 0.05) is 12.8 Å². The summed E-state index contributed by atoms with van der Waals surface area (Å²) in [5.41, 5.74) is 0. The van der Waals surface area contributed by atoms with Gasteiger partial charge in [-0.05, 0) is 19.3 Å². The van der Waals surface area contributed by atoms with E-state index < -0.39 is 0 Å². The van der Waals surface area contributed by atoms with Gasteiger partial charge >= 0.3 is 5.97 Å². The van der Waals surface area contributed by atoms with Gasteiger partial charge in [0.15, 0.2) is 0 Å². The molecule has 0 rings (SSSR count). The Kier molecular flexibility index (Phi) is 6.71. The molecule has 0 aliphatic rings. The number of halogens is 1. The summed E-state index contributed by atoms with van der Waals surface area (Å²) < 4.78 is 4.71. The van der Waals surface area contributed by atoms with Crippen molar-refractivity contribution in [1.29, 1.82) is 0 Å². The first kappa shape index (κ1) is 9.76. The molecule has 0 fully saturated rings. The number of hydrogen-bond donors (Lipinski definition) is 0. The van der Waals surface area contributed by atoms with Gasteiger partial charge in [-0.25, -0.2) is 0 Å². The predicted octanol–water partition coefficient (Wildman–Crippen LogP) is 1.96. The number of alkyl halides is 1. The molecular weight excluding hydrogens is 152 g/mol. The standard InChI is InChI=1S/C7H13ClO2/c1-7(9)10-6-4-2-3-5-8/h2-6H2,1H3. The first-order valence-corrected chi connectivity index (χ1v) is 4.00. The third kappa shape index (κ3) is 7.76. The number of rotatable bonds is 5. The Morgan fingerprint density at radius 2 is 2.10 bits per heavy atom. The summed E-state index contributed by atoms with van der Waals surface area (Å²) >= 11 is 5.44. The van der Waals surface area contributed by atoms with Crippen molar-refractivity contribution in [3.05, 3.63) is 0 Å². The van der Waals surface area contributed by atoms with Crippen LogP contribution < -0.4 is 0 Å². The average Bonchev–Trinajstić information content (AvgIpc) is 1.87. The Balaban J connectivity index is 2.84. The summed E-state index contributed by atoms with van der Waals surface area (Å²) in [7, 11) is 0. The second-order valence-corrected chi connectivity index (χ2v) is 2.47. The van der Waals surface area contributed by atoms with Crippen molar-refractivity contribution in [3.63, 3.8) is 0 Å². The van der Waals surface area contributed by atoms with Crippen LogP contribution in [0.1, 0.15) is 26.2 Å². The van der Waals surface area contributed by atoms with Crippen molar-refractivity contribution in [3.8, 4) is 0 Å². The van der Waals surface area contributed by atoms with E-state index in [1.807, 2.05) is 0 Å². The average molecular weight is 165 g/mol. The maximum absolute atomic E-state index is 10.2. The fourth-order valence-electron chi connectivity index (χ4n) is 0.589. The number of ether oxygens (including phenoxy) is 1. The summed E-state index contributed by atoms with van der Waals surface area (Å²) in [6, 6.07) is 0. The molecule has 60 valence electrons. The van der Waals surface area contributed by atoms with Crippen LogP contribution in [0, 0.1) is 0 Å². The lowest BCUT2D eigenvalue weighted by Crippen LogP contribution is -2.00. The summed E-state index contributed by atoms with van der Waals surface area (Å²) in [5, 5.41) is 0. The van der Waals surface area contributed by atoms with E-state index in [9.17, 15) is 4.79 Å². The van der Waals surface area contributed by atoms with E-state index >= 15 is 0 Å². The first-order chi connectivity index (χ1) is 4.77. The van der Waals surface area contributed by atoms with Crippen LogP contribution >= 0.6 is 11.6 Å². The molecule has 0 spiro atoms. The molecule has 0 atom stereocenters. The minimum atomic E-state index is -0.203. The van der Waals surface area contributed by atoms with Crippen LogP contribution in [0.2, 0.25) is 0 Å². The Morgan fingerprint density at radius 3 is 2.60 bits per heavy atom. The monoisotopic (exact) mass is 164 g/mol. The van der Waals surface area contributed by atoms with E-state index in [1.165, 1.54) is 6.92 Å². The number of esters is 1. The van der Waals surface area contributed by atoms with Gasteiger partial charge in [0.1, 0.15) is 0 Å². The molecule has 2 nitrogen and oxygen atoms in total. The molecule has 0 saturated carbocycles. The lowest BCUT2D eigenvalue weighted by Gasteiger charge is -1.99. The van der Waals surface area contributed by atoms with Gasteiger partial charge in [-0.2, -0.15) is 0 Å². The minimum Gasteiger partial charge on any atom is -0.466 e. The van der Waals surface area contributed by atoms with Crippen molar-refractivity contribution in [2.24, 2.45) is 0 Å². The van der Waals surface area contributed by atoms with Crippen molar-refractivity contribution < 1.29 is 9.53 Å². The van der Waals surface area contributed by atoms with Crippen molar-refractivity contribution in [2.45, 2.75) is 26.2 Å². The van der Waals surface area contributed by atoms with Crippen LogP contribution in [0.15, 0.2) is 0 Å². The molecule has 0 radical (unpaired) electrons. The Morgan fingerprint density at radius 1 is 1.40 bits per heavy atom. The topological polar surface area (TPSA) is 26.3 Å². The molecule has 0 aliphatic heterocycles. The highest BCUT2D eigenvalue weighted by Crippen LogP contribution is 1.97. The van der Waals surface area contributed by atoms with E-state index in [1.54, 1.807) is 0 Å². The maximum atomic E-state index is 10.2. The van der Waals surface area contributed by atoms with E-state index in [0.717, 1.165) is 19.3 Å². The third-order valence-electron chi connectivity index (χ3n) is 1.08. The van der Waals surface area contributed by atoms with Crippen LogP contribution in [0.3, 0.4) is 0 Å². The maximum Gasteiger partial charge on any atom is 0.302 e. The van der Waals surface area contributed by atoms with Gasteiger partial charge < -0.3 is 4.74 Å². The van der Waals surface area contributed by atoms with Crippen molar-refractivity contribution >= 4 is 17.6 Å². The van der Waals surface area contributed by atoms with Crippen LogP contribution in [0.5, 0.6) is 0 Å². The lowest BCUT2D eigenvalue weighted by molar-refractivity contribution is -0.141. The molecule has 0 unspecified atom stereocenters. The molecule has 0 aromatic carbocycles. The van der Waals surface area contributed by atoms with E-state index in [4.69, 9.17) is 16.3 Å². The van der Waals surface area contributed by atoms with Crippen molar-refractivity contribution in [2.75, 3.05) is 12.5 Å². The summed E-state index contributed by atoms with van der Waals surface area (Å²) in [6.07, 6.45) is 2.96. The van der Waals surface area contributed by atoms with Crippen LogP contribution in [0.25, 0.3) is 0 Å². The SMILES string of the molecule is CC(=O)OCCCCCCl. The Bertz CT molecular complexity index is 93.6. The quantitative estimate of drug-likeness (QED) is 0.353. The molecule has 0 saturated heterocycles. The lowest BCUT2D eigenvalue weighted by atomic mass is 10.3. The zero-order chi connectivity index (χ0) is 7.82. The normalized spacial score (nSPS) is 9.40. The molecular formula is C7H13ClO2. The highest BCUT2D eigenvalue weighted by atomic mass is 35.5. The molecule has 0 bridgehead atoms. The van der Waals surface area contributed by atoms with Gasteiger partial charge in [-0.1, -0.05) is 0 Å². The number of hydrogen-bond acceptors (Lipinski definition) is 2. The van der Waals surface area contributed by atoms with Crippen LogP contribution in [-0.2, 0) is 9.53 Å². The summed E-state index contributed by atoms with van der Waals surface area (Å²) in [6.45, 7) is 1.95. The first-order valence-electron chi connectivity index (χ1n) is 3.46. The van der Waals surface area contributed by atoms with E-state index in [0.29, 0.717) is 12.5 Å². The minimum absolute atomic E-state index is 0.203. The van der Waals surface area contributed by atoms with Crippen molar-refractivity contribution in [1.82, 2.24) is 0 Å². The highest BCUT2D eigenvalue weighted by molar-refractivity contribution is 6.17. The molecule has 0 aromatic rings. The number of carbonyl (C=O) groups excluding carboxylic acids is 1. The van der Waals surface area contributed by atoms with Crippen LogP contribution in [0.4, 0.5) is 0 Å². The van der Waals surface area contributed by atoms with Gasteiger partial charge in [0.2, 0.25) is 0 Å². The largest absolute Gasteiger partial charge is 0.466 e. The molecule has 3 heteroatoms. The van der Waals surface area contributed by atoms with Crippen LogP contribution in [-0.4, -0.2) is 18.5 Å². The molecule has 0 amide bonds. The Hall–Kier alpha value is -0.240. The Labute approximate surface area is 66.5 Å². The summed E-state index contributed by atoms with van der Waals surface area (Å²) in [4.78, 5) is 10.2.